The molecule has 0 fully saturated rings. The topological polar surface area (TPSA) is 42.7 Å². The number of rotatable bonds is 6. The summed E-state index contributed by atoms with van der Waals surface area (Å²) in [5, 5.41) is 8.40. The van der Waals surface area contributed by atoms with Crippen molar-refractivity contribution >= 4 is 11.8 Å². The Balaban J connectivity index is 1.63. The van der Waals surface area contributed by atoms with Crippen molar-refractivity contribution in [2.24, 2.45) is 7.05 Å². The van der Waals surface area contributed by atoms with E-state index < -0.39 is 0 Å². The molecular weight excluding hydrogens is 232 g/mol. The van der Waals surface area contributed by atoms with Gasteiger partial charge >= 0.3 is 0 Å². The first-order valence-corrected chi connectivity index (χ1v) is 6.56. The number of aryl methyl sites for hydroxylation is 1. The summed E-state index contributed by atoms with van der Waals surface area (Å²) in [5.74, 6) is 0.999. The number of thioether (sulfide) groups is 1. The second-order valence-electron chi connectivity index (χ2n) is 3.68. The number of aromatic nitrogens is 3. The molecule has 90 valence electrons. The van der Waals surface area contributed by atoms with E-state index in [1.807, 2.05) is 13.1 Å². The van der Waals surface area contributed by atoms with Gasteiger partial charge in [-0.25, -0.2) is 9.67 Å². The lowest BCUT2D eigenvalue weighted by atomic mass is 10.2. The number of hydrogen-bond acceptors (Lipinski definition) is 4. The SMILES string of the molecule is Cn1ncnc1SCCNCc1ccccc1. The Bertz CT molecular complexity index is 441. The van der Waals surface area contributed by atoms with E-state index in [2.05, 4.69) is 39.7 Å². The predicted molar refractivity (Wildman–Crippen MR) is 69.9 cm³/mol. The minimum atomic E-state index is 0.917. The second-order valence-corrected chi connectivity index (χ2v) is 4.74. The molecule has 0 amide bonds. The molecule has 0 bridgehead atoms. The maximum absolute atomic E-state index is 4.16. The predicted octanol–water partition coefficient (Wildman–Crippen LogP) is 1.70. The third-order valence-corrected chi connectivity index (χ3v) is 3.39. The monoisotopic (exact) mass is 248 g/mol. The summed E-state index contributed by atoms with van der Waals surface area (Å²) in [6, 6.07) is 10.4. The standard InChI is InChI=1S/C12H16N4S/c1-16-12(14-10-15-16)17-8-7-13-9-11-5-3-2-4-6-11/h2-6,10,13H,7-9H2,1H3. The van der Waals surface area contributed by atoms with Crippen LogP contribution in [0.25, 0.3) is 0 Å². The molecule has 2 rings (SSSR count). The Morgan fingerprint density at radius 3 is 2.82 bits per heavy atom. The lowest BCUT2D eigenvalue weighted by Gasteiger charge is -2.04. The van der Waals surface area contributed by atoms with E-state index in [0.717, 1.165) is 24.0 Å². The summed E-state index contributed by atoms with van der Waals surface area (Å²) < 4.78 is 1.79. The van der Waals surface area contributed by atoms with Crippen LogP contribution in [-0.2, 0) is 13.6 Å². The largest absolute Gasteiger partial charge is 0.312 e. The zero-order valence-electron chi connectivity index (χ0n) is 9.84. The first-order chi connectivity index (χ1) is 8.36. The first-order valence-electron chi connectivity index (χ1n) is 5.57. The summed E-state index contributed by atoms with van der Waals surface area (Å²) in [5.41, 5.74) is 1.32. The molecule has 1 heterocycles. The van der Waals surface area contributed by atoms with Crippen LogP contribution in [0.3, 0.4) is 0 Å². The van der Waals surface area contributed by atoms with E-state index in [0.29, 0.717) is 0 Å². The van der Waals surface area contributed by atoms with Gasteiger partial charge in [-0.05, 0) is 5.56 Å². The van der Waals surface area contributed by atoms with E-state index in [4.69, 9.17) is 0 Å². The van der Waals surface area contributed by atoms with Gasteiger partial charge in [-0.1, -0.05) is 42.1 Å². The highest BCUT2D eigenvalue weighted by Gasteiger charge is 1.99. The first kappa shape index (κ1) is 12.1. The average molecular weight is 248 g/mol. The average Bonchev–Trinajstić information content (AvgIpc) is 2.76. The van der Waals surface area contributed by atoms with E-state index in [1.54, 1.807) is 22.8 Å². The van der Waals surface area contributed by atoms with Crippen LogP contribution >= 0.6 is 11.8 Å². The number of hydrogen-bond donors (Lipinski definition) is 1. The molecular formula is C12H16N4S. The van der Waals surface area contributed by atoms with Crippen molar-refractivity contribution in [1.29, 1.82) is 0 Å². The molecule has 0 aliphatic rings. The number of benzene rings is 1. The molecule has 0 aliphatic heterocycles. The van der Waals surface area contributed by atoms with Crippen LogP contribution < -0.4 is 5.32 Å². The summed E-state index contributed by atoms with van der Waals surface area (Å²) in [4.78, 5) is 4.16. The van der Waals surface area contributed by atoms with Crippen molar-refractivity contribution in [3.8, 4) is 0 Å². The molecule has 1 aromatic heterocycles. The van der Waals surface area contributed by atoms with Crippen molar-refractivity contribution in [2.45, 2.75) is 11.7 Å². The van der Waals surface area contributed by atoms with Crippen molar-refractivity contribution in [3.05, 3.63) is 42.2 Å². The molecule has 0 atom stereocenters. The van der Waals surface area contributed by atoms with Crippen molar-refractivity contribution in [1.82, 2.24) is 20.1 Å². The van der Waals surface area contributed by atoms with Gasteiger partial charge in [0.15, 0.2) is 5.16 Å². The molecule has 5 heteroatoms. The van der Waals surface area contributed by atoms with Gasteiger partial charge in [-0.2, -0.15) is 5.10 Å². The lowest BCUT2D eigenvalue weighted by Crippen LogP contribution is -2.16. The molecule has 2 aromatic rings. The van der Waals surface area contributed by atoms with Crippen LogP contribution in [0.15, 0.2) is 41.8 Å². The highest BCUT2D eigenvalue weighted by Crippen LogP contribution is 2.11. The summed E-state index contributed by atoms with van der Waals surface area (Å²) >= 11 is 1.72. The van der Waals surface area contributed by atoms with Gasteiger partial charge in [0.25, 0.3) is 0 Å². The number of nitrogens with one attached hydrogen (secondary N) is 1. The molecule has 0 aliphatic carbocycles. The van der Waals surface area contributed by atoms with Gasteiger partial charge < -0.3 is 5.32 Å². The maximum Gasteiger partial charge on any atom is 0.185 e. The Morgan fingerprint density at radius 1 is 1.29 bits per heavy atom. The molecule has 1 N–H and O–H groups in total. The molecule has 0 saturated carbocycles. The van der Waals surface area contributed by atoms with Crippen LogP contribution in [0, 0.1) is 0 Å². The third-order valence-electron chi connectivity index (χ3n) is 2.35. The molecule has 0 spiro atoms. The Labute approximate surface area is 105 Å². The molecule has 4 nitrogen and oxygen atoms in total. The number of nitrogens with zero attached hydrogens (tertiary/aromatic N) is 3. The summed E-state index contributed by atoms with van der Waals surface area (Å²) in [7, 11) is 1.91. The lowest BCUT2D eigenvalue weighted by molar-refractivity contribution is 0.682. The van der Waals surface area contributed by atoms with Gasteiger partial charge in [-0.15, -0.1) is 0 Å². The van der Waals surface area contributed by atoms with Crippen LogP contribution in [0.1, 0.15) is 5.56 Å². The van der Waals surface area contributed by atoms with E-state index in [1.165, 1.54) is 5.56 Å². The van der Waals surface area contributed by atoms with E-state index in [9.17, 15) is 0 Å². The maximum atomic E-state index is 4.16. The zero-order chi connectivity index (χ0) is 11.9. The van der Waals surface area contributed by atoms with E-state index >= 15 is 0 Å². The molecule has 17 heavy (non-hydrogen) atoms. The Hall–Kier alpha value is -1.33. The minimum Gasteiger partial charge on any atom is -0.312 e. The molecule has 0 saturated heterocycles. The van der Waals surface area contributed by atoms with E-state index in [-0.39, 0.29) is 0 Å². The van der Waals surface area contributed by atoms with Gasteiger partial charge in [0.05, 0.1) is 0 Å². The fourth-order valence-electron chi connectivity index (χ4n) is 1.46. The molecule has 0 unspecified atom stereocenters. The molecule has 0 radical (unpaired) electrons. The normalized spacial score (nSPS) is 10.6. The van der Waals surface area contributed by atoms with Crippen LogP contribution in [0.5, 0.6) is 0 Å². The quantitative estimate of drug-likeness (QED) is 0.624. The highest BCUT2D eigenvalue weighted by atomic mass is 32.2. The smallest absolute Gasteiger partial charge is 0.185 e. The van der Waals surface area contributed by atoms with Crippen molar-refractivity contribution < 1.29 is 0 Å². The van der Waals surface area contributed by atoms with Crippen LogP contribution in [0.2, 0.25) is 0 Å². The highest BCUT2D eigenvalue weighted by molar-refractivity contribution is 7.99. The van der Waals surface area contributed by atoms with Gasteiger partial charge in [-0.3, -0.25) is 0 Å². The third kappa shape index (κ3) is 3.87. The van der Waals surface area contributed by atoms with Crippen LogP contribution in [-0.4, -0.2) is 27.1 Å². The Morgan fingerprint density at radius 2 is 2.12 bits per heavy atom. The van der Waals surface area contributed by atoms with Gasteiger partial charge in [0.2, 0.25) is 0 Å². The van der Waals surface area contributed by atoms with Gasteiger partial charge in [0.1, 0.15) is 6.33 Å². The van der Waals surface area contributed by atoms with Crippen molar-refractivity contribution in [2.75, 3.05) is 12.3 Å². The fraction of sp³-hybridized carbons (Fsp3) is 0.333. The molecule has 1 aromatic carbocycles. The second kappa shape index (κ2) is 6.42. The zero-order valence-corrected chi connectivity index (χ0v) is 10.7. The van der Waals surface area contributed by atoms with Crippen molar-refractivity contribution in [3.63, 3.8) is 0 Å². The summed E-state index contributed by atoms with van der Waals surface area (Å²) in [6.07, 6.45) is 1.58. The summed E-state index contributed by atoms with van der Waals surface area (Å²) in [6.45, 7) is 1.88. The minimum absolute atomic E-state index is 0.917. The van der Waals surface area contributed by atoms with Gasteiger partial charge in [0, 0.05) is 25.9 Å². The Kier molecular flexibility index (Phi) is 4.58. The fourth-order valence-corrected chi connectivity index (χ4v) is 2.24. The van der Waals surface area contributed by atoms with Crippen LogP contribution in [0.4, 0.5) is 0 Å².